The van der Waals surface area contributed by atoms with Gasteiger partial charge in [0.15, 0.2) is 5.69 Å². The Labute approximate surface area is 187 Å². The molecule has 4 aromatic carbocycles. The molecule has 0 aliphatic carbocycles. The number of nitrogens with two attached hydrogens (primary N) is 1. The number of carbonyl (C=O) groups excluding carboxylic acids is 1. The Kier molecular flexibility index (Phi) is 4.89. The van der Waals surface area contributed by atoms with E-state index in [4.69, 9.17) is 5.73 Å². The molecule has 0 unspecified atom stereocenters. The van der Waals surface area contributed by atoms with Gasteiger partial charge in [-0.05, 0) is 51.4 Å². The highest BCUT2D eigenvalue weighted by Gasteiger charge is 2.35. The van der Waals surface area contributed by atoms with E-state index < -0.39 is 17.8 Å². The minimum absolute atomic E-state index is 0.0496. The molecule has 1 amide bonds. The van der Waals surface area contributed by atoms with E-state index >= 15 is 0 Å². The molecule has 0 fully saturated rings. The van der Waals surface area contributed by atoms with Gasteiger partial charge < -0.3 is 5.73 Å². The van der Waals surface area contributed by atoms with Crippen LogP contribution in [-0.2, 0) is 17.4 Å². The number of hydrogen-bond donors (Lipinski definition) is 1. The monoisotopic (exact) mass is 445 g/mol. The second-order valence-corrected chi connectivity index (χ2v) is 7.83. The van der Waals surface area contributed by atoms with Gasteiger partial charge in [-0.1, -0.05) is 60.7 Å². The van der Waals surface area contributed by atoms with E-state index in [-0.39, 0.29) is 6.42 Å². The number of hydrogen-bond acceptors (Lipinski definition) is 2. The smallest absolute Gasteiger partial charge is 0.369 e. The highest BCUT2D eigenvalue weighted by atomic mass is 19.4. The molecule has 7 heteroatoms. The predicted molar refractivity (Wildman–Crippen MR) is 122 cm³/mol. The maximum Gasteiger partial charge on any atom is 0.435 e. The number of alkyl halides is 3. The molecule has 5 rings (SSSR count). The summed E-state index contributed by atoms with van der Waals surface area (Å²) in [6.45, 7) is 0. The Hall–Kier alpha value is -4.13. The lowest BCUT2D eigenvalue weighted by molar-refractivity contribution is -0.141. The first-order chi connectivity index (χ1) is 15.8. The third-order valence-electron chi connectivity index (χ3n) is 5.59. The minimum Gasteiger partial charge on any atom is -0.369 e. The summed E-state index contributed by atoms with van der Waals surface area (Å²) in [5.41, 5.74) is 6.40. The van der Waals surface area contributed by atoms with Crippen LogP contribution in [0.2, 0.25) is 0 Å². The molecule has 5 aromatic rings. The highest BCUT2D eigenvalue weighted by molar-refractivity contribution is 6.12. The van der Waals surface area contributed by atoms with Crippen LogP contribution in [0.1, 0.15) is 11.3 Å². The third-order valence-corrected chi connectivity index (χ3v) is 5.59. The Balaban J connectivity index is 1.81. The lowest BCUT2D eigenvalue weighted by atomic mass is 9.94. The van der Waals surface area contributed by atoms with E-state index in [0.717, 1.165) is 27.6 Å². The molecule has 164 valence electrons. The molecule has 0 saturated carbocycles. The van der Waals surface area contributed by atoms with Gasteiger partial charge in [-0.25, -0.2) is 4.68 Å². The summed E-state index contributed by atoms with van der Waals surface area (Å²) in [6, 6.07) is 24.9. The van der Waals surface area contributed by atoms with Crippen molar-refractivity contribution in [1.82, 2.24) is 9.78 Å². The number of amides is 1. The van der Waals surface area contributed by atoms with Crippen LogP contribution in [0.15, 0.2) is 84.9 Å². The van der Waals surface area contributed by atoms with Crippen molar-refractivity contribution in [1.29, 1.82) is 0 Å². The van der Waals surface area contributed by atoms with Crippen LogP contribution in [0.3, 0.4) is 0 Å². The van der Waals surface area contributed by atoms with Crippen molar-refractivity contribution in [3.8, 4) is 16.9 Å². The first kappa shape index (κ1) is 20.8. The van der Waals surface area contributed by atoms with Crippen LogP contribution in [0, 0.1) is 0 Å². The molecule has 0 aliphatic heterocycles. The largest absolute Gasteiger partial charge is 0.435 e. The number of fused-ring (bicyclic) bond motifs is 2. The number of nitrogens with zero attached hydrogens (tertiary/aromatic N) is 2. The van der Waals surface area contributed by atoms with E-state index in [1.165, 1.54) is 4.68 Å². The Morgan fingerprint density at radius 1 is 0.848 bits per heavy atom. The van der Waals surface area contributed by atoms with Crippen molar-refractivity contribution < 1.29 is 18.0 Å². The molecule has 0 saturated heterocycles. The van der Waals surface area contributed by atoms with Gasteiger partial charge in [0.2, 0.25) is 5.91 Å². The second kappa shape index (κ2) is 7.78. The zero-order chi connectivity index (χ0) is 23.2. The molecule has 0 aliphatic rings. The van der Waals surface area contributed by atoms with Gasteiger partial charge in [0.05, 0.1) is 17.8 Å². The maximum atomic E-state index is 13.7. The zero-order valence-corrected chi connectivity index (χ0v) is 17.3. The first-order valence-electron chi connectivity index (χ1n) is 10.3. The molecule has 0 spiro atoms. The molecule has 0 radical (unpaired) electrons. The van der Waals surface area contributed by atoms with Gasteiger partial charge in [0, 0.05) is 5.56 Å². The third kappa shape index (κ3) is 3.82. The lowest BCUT2D eigenvalue weighted by Crippen LogP contribution is -2.13. The number of rotatable bonds is 4. The molecular formula is C26H18F3N3O. The van der Waals surface area contributed by atoms with E-state index in [2.05, 4.69) is 5.10 Å². The van der Waals surface area contributed by atoms with Gasteiger partial charge in [-0.3, -0.25) is 4.79 Å². The number of halogens is 3. The van der Waals surface area contributed by atoms with Crippen molar-refractivity contribution in [3.05, 3.63) is 96.2 Å². The zero-order valence-electron chi connectivity index (χ0n) is 17.3. The average molecular weight is 445 g/mol. The summed E-state index contributed by atoms with van der Waals surface area (Å²) in [5.74, 6) is -0.482. The summed E-state index contributed by atoms with van der Waals surface area (Å²) in [6.07, 6.45) is -4.56. The topological polar surface area (TPSA) is 60.9 Å². The maximum absolute atomic E-state index is 13.7. The summed E-state index contributed by atoms with van der Waals surface area (Å²) < 4.78 is 42.5. The molecule has 1 aromatic heterocycles. The fourth-order valence-corrected chi connectivity index (χ4v) is 4.14. The van der Waals surface area contributed by atoms with Crippen LogP contribution >= 0.6 is 0 Å². The molecular weight excluding hydrogens is 427 g/mol. The van der Waals surface area contributed by atoms with Crippen molar-refractivity contribution in [3.63, 3.8) is 0 Å². The fourth-order valence-electron chi connectivity index (χ4n) is 4.14. The second-order valence-electron chi connectivity index (χ2n) is 7.83. The van der Waals surface area contributed by atoms with Crippen molar-refractivity contribution >= 4 is 27.5 Å². The van der Waals surface area contributed by atoms with Crippen LogP contribution in [-0.4, -0.2) is 15.7 Å². The normalized spacial score (nSPS) is 11.8. The fraction of sp³-hybridized carbons (Fsp3) is 0.0769. The number of carbonyl (C=O) groups is 1. The van der Waals surface area contributed by atoms with E-state index in [1.54, 1.807) is 24.3 Å². The molecule has 33 heavy (non-hydrogen) atoms. The van der Waals surface area contributed by atoms with Gasteiger partial charge in [-0.2, -0.15) is 18.3 Å². The molecule has 1 heterocycles. The summed E-state index contributed by atoms with van der Waals surface area (Å²) in [5, 5.41) is 7.43. The molecule has 2 N–H and O–H groups in total. The first-order valence-corrected chi connectivity index (χ1v) is 10.3. The number of benzene rings is 4. The Morgan fingerprint density at radius 2 is 1.42 bits per heavy atom. The molecule has 0 atom stereocenters. The van der Waals surface area contributed by atoms with Crippen molar-refractivity contribution in [2.45, 2.75) is 12.6 Å². The Bertz CT molecular complexity index is 1450. The summed E-state index contributed by atoms with van der Waals surface area (Å²) in [4.78, 5) is 11.2. The standard InChI is InChI=1S/C26H18F3N3O/c27-26(28,29)23-15-22(32(31-23)19-11-9-16(10-12-19)13-24(30)33)25-20-7-3-1-5-17(20)14-18-6-2-4-8-21(18)25/h1-12,14-15H,13H2,(H2,30,33). The summed E-state index contributed by atoms with van der Waals surface area (Å²) >= 11 is 0. The SMILES string of the molecule is NC(=O)Cc1ccc(-n2nc(C(F)(F)F)cc2-c2c3ccccc3cc3ccccc23)cc1. The Morgan fingerprint density at radius 3 is 1.97 bits per heavy atom. The predicted octanol–water partition coefficient (Wildman–Crippen LogP) is 5.89. The quantitative estimate of drug-likeness (QED) is 0.351. The molecule has 0 bridgehead atoms. The van der Waals surface area contributed by atoms with Crippen LogP contribution in [0.25, 0.3) is 38.5 Å². The number of primary amides is 1. The highest BCUT2D eigenvalue weighted by Crippen LogP contribution is 2.40. The minimum atomic E-state index is -4.60. The van der Waals surface area contributed by atoms with Gasteiger partial charge >= 0.3 is 6.18 Å². The van der Waals surface area contributed by atoms with E-state index in [0.29, 0.717) is 22.5 Å². The van der Waals surface area contributed by atoms with Gasteiger partial charge in [0.1, 0.15) is 0 Å². The van der Waals surface area contributed by atoms with Gasteiger partial charge in [-0.15, -0.1) is 0 Å². The van der Waals surface area contributed by atoms with E-state index in [1.807, 2.05) is 54.6 Å². The van der Waals surface area contributed by atoms with Crippen LogP contribution in [0.4, 0.5) is 13.2 Å². The summed E-state index contributed by atoms with van der Waals surface area (Å²) in [7, 11) is 0. The average Bonchev–Trinajstić information content (AvgIpc) is 3.23. The van der Waals surface area contributed by atoms with Gasteiger partial charge in [0.25, 0.3) is 0 Å². The number of aromatic nitrogens is 2. The lowest BCUT2D eigenvalue weighted by Gasteiger charge is -2.14. The van der Waals surface area contributed by atoms with Crippen LogP contribution in [0.5, 0.6) is 0 Å². The van der Waals surface area contributed by atoms with Crippen LogP contribution < -0.4 is 5.73 Å². The van der Waals surface area contributed by atoms with E-state index in [9.17, 15) is 18.0 Å². The molecule has 4 nitrogen and oxygen atoms in total. The van der Waals surface area contributed by atoms with Crippen molar-refractivity contribution in [2.75, 3.05) is 0 Å². The van der Waals surface area contributed by atoms with Crippen molar-refractivity contribution in [2.24, 2.45) is 5.73 Å².